The number of hydrogen-bond donors (Lipinski definition) is 1. The van der Waals surface area contributed by atoms with Crippen LogP contribution in [0.4, 0.5) is 5.69 Å². The lowest BCUT2D eigenvalue weighted by Gasteiger charge is -2.04. The van der Waals surface area contributed by atoms with Crippen molar-refractivity contribution in [2.45, 2.75) is 0 Å². The van der Waals surface area contributed by atoms with Gasteiger partial charge in [0.2, 0.25) is 5.12 Å². The van der Waals surface area contributed by atoms with E-state index in [2.05, 4.69) is 15.9 Å². The molecule has 0 unspecified atom stereocenters. The average molecular weight is 350 g/mol. The molecule has 20 heavy (non-hydrogen) atoms. The van der Waals surface area contributed by atoms with Crippen molar-refractivity contribution in [1.29, 1.82) is 0 Å². The first kappa shape index (κ1) is 14.8. The summed E-state index contributed by atoms with van der Waals surface area (Å²) in [5, 5.41) is -0.187. The predicted octanol–water partition coefficient (Wildman–Crippen LogP) is 3.79. The minimum atomic E-state index is -0.187. The molecule has 0 fully saturated rings. The van der Waals surface area contributed by atoms with Crippen molar-refractivity contribution in [1.82, 2.24) is 0 Å². The third-order valence-corrected chi connectivity index (χ3v) is 4.10. The van der Waals surface area contributed by atoms with Gasteiger partial charge in [-0.3, -0.25) is 9.59 Å². The van der Waals surface area contributed by atoms with Crippen molar-refractivity contribution < 1.29 is 9.59 Å². The van der Waals surface area contributed by atoms with Gasteiger partial charge in [-0.1, -0.05) is 52.0 Å². The van der Waals surface area contributed by atoms with E-state index in [0.717, 1.165) is 16.2 Å². The van der Waals surface area contributed by atoms with Gasteiger partial charge in [0.25, 0.3) is 0 Å². The van der Waals surface area contributed by atoms with Crippen LogP contribution in [0.2, 0.25) is 0 Å². The van der Waals surface area contributed by atoms with Crippen molar-refractivity contribution in [3.8, 4) is 0 Å². The van der Waals surface area contributed by atoms with Gasteiger partial charge in [0.15, 0.2) is 5.78 Å². The van der Waals surface area contributed by atoms with Crippen LogP contribution in [-0.2, 0) is 0 Å². The number of nitrogen functional groups attached to an aromatic ring is 1. The number of nitrogens with two attached hydrogens (primary N) is 1. The number of carbonyl (C=O) groups excluding carboxylic acids is 2. The van der Waals surface area contributed by atoms with E-state index in [4.69, 9.17) is 5.73 Å². The summed E-state index contributed by atoms with van der Waals surface area (Å²) >= 11 is 4.28. The van der Waals surface area contributed by atoms with E-state index in [1.54, 1.807) is 48.5 Å². The van der Waals surface area contributed by atoms with E-state index in [0.29, 0.717) is 16.8 Å². The van der Waals surface area contributed by atoms with Crippen LogP contribution in [0.1, 0.15) is 20.7 Å². The van der Waals surface area contributed by atoms with Gasteiger partial charge in [-0.05, 0) is 24.3 Å². The van der Waals surface area contributed by atoms with Gasteiger partial charge in [-0.2, -0.15) is 0 Å². The number of thioether (sulfide) groups is 1. The molecule has 2 aromatic carbocycles. The van der Waals surface area contributed by atoms with Crippen molar-refractivity contribution >= 4 is 44.3 Å². The molecule has 0 bridgehead atoms. The summed E-state index contributed by atoms with van der Waals surface area (Å²) in [4.78, 5) is 23.9. The topological polar surface area (TPSA) is 60.2 Å². The first-order valence-corrected chi connectivity index (χ1v) is 7.66. The molecule has 0 atom stereocenters. The second kappa shape index (κ2) is 6.72. The Morgan fingerprint density at radius 1 is 1.05 bits per heavy atom. The van der Waals surface area contributed by atoms with Gasteiger partial charge in [0.1, 0.15) is 0 Å². The molecular formula is C15H12BrNO2S. The molecular weight excluding hydrogens is 338 g/mol. The second-order valence-electron chi connectivity index (χ2n) is 4.09. The lowest BCUT2D eigenvalue weighted by atomic mass is 10.2. The number of halogens is 1. The van der Waals surface area contributed by atoms with Crippen LogP contribution in [0.5, 0.6) is 0 Å². The van der Waals surface area contributed by atoms with Crippen LogP contribution in [-0.4, -0.2) is 16.7 Å². The zero-order valence-electron chi connectivity index (χ0n) is 10.5. The van der Waals surface area contributed by atoms with Crippen LogP contribution in [0, 0.1) is 0 Å². The summed E-state index contributed by atoms with van der Waals surface area (Å²) in [5.41, 5.74) is 7.20. The fraction of sp³-hybridized carbons (Fsp3) is 0.0667. The van der Waals surface area contributed by atoms with E-state index >= 15 is 0 Å². The Morgan fingerprint density at radius 3 is 2.35 bits per heavy atom. The van der Waals surface area contributed by atoms with Gasteiger partial charge in [0, 0.05) is 15.7 Å². The summed E-state index contributed by atoms with van der Waals surface area (Å²) in [6.45, 7) is 0. The van der Waals surface area contributed by atoms with Crippen LogP contribution < -0.4 is 5.73 Å². The normalized spacial score (nSPS) is 10.2. The Kier molecular flexibility index (Phi) is 4.98. The SMILES string of the molecule is Nc1ccccc1C(=O)SCC(=O)c1ccc(Br)cc1. The van der Waals surface area contributed by atoms with Crippen LogP contribution in [0.15, 0.2) is 53.0 Å². The van der Waals surface area contributed by atoms with E-state index in [1.165, 1.54) is 0 Å². The molecule has 0 amide bonds. The second-order valence-corrected chi connectivity index (χ2v) is 5.96. The largest absolute Gasteiger partial charge is 0.398 e. The highest BCUT2D eigenvalue weighted by Gasteiger charge is 2.13. The van der Waals surface area contributed by atoms with Crippen LogP contribution >= 0.6 is 27.7 Å². The molecule has 0 aliphatic rings. The maximum atomic E-state index is 12.0. The quantitative estimate of drug-likeness (QED) is 0.673. The average Bonchev–Trinajstić information content (AvgIpc) is 2.45. The molecule has 3 nitrogen and oxygen atoms in total. The Hall–Kier alpha value is -1.59. The molecule has 102 valence electrons. The number of benzene rings is 2. The monoisotopic (exact) mass is 349 g/mol. The molecule has 0 aromatic heterocycles. The fourth-order valence-corrected chi connectivity index (χ4v) is 2.65. The predicted molar refractivity (Wildman–Crippen MR) is 86.1 cm³/mol. The first-order chi connectivity index (χ1) is 9.58. The molecule has 2 aromatic rings. The molecule has 0 spiro atoms. The molecule has 2 N–H and O–H groups in total. The minimum absolute atomic E-state index is 0.0784. The van der Waals surface area contributed by atoms with Crippen molar-refractivity contribution in [2.75, 3.05) is 11.5 Å². The number of carbonyl (C=O) groups is 2. The Morgan fingerprint density at radius 2 is 1.70 bits per heavy atom. The summed E-state index contributed by atoms with van der Waals surface area (Å²) in [6.07, 6.45) is 0. The summed E-state index contributed by atoms with van der Waals surface area (Å²) in [5.74, 6) is 0.0276. The molecule has 0 heterocycles. The maximum Gasteiger partial charge on any atom is 0.221 e. The highest BCUT2D eigenvalue weighted by atomic mass is 79.9. The molecule has 0 aliphatic heterocycles. The van der Waals surface area contributed by atoms with E-state index in [9.17, 15) is 9.59 Å². The summed E-state index contributed by atoms with van der Waals surface area (Å²) in [7, 11) is 0. The smallest absolute Gasteiger partial charge is 0.221 e. The fourth-order valence-electron chi connectivity index (χ4n) is 1.61. The van der Waals surface area contributed by atoms with Crippen molar-refractivity contribution in [3.63, 3.8) is 0 Å². The zero-order chi connectivity index (χ0) is 14.5. The Labute approximate surface area is 129 Å². The number of anilines is 1. The summed E-state index contributed by atoms with van der Waals surface area (Å²) < 4.78 is 0.912. The van der Waals surface area contributed by atoms with Gasteiger partial charge in [0.05, 0.1) is 11.3 Å². The van der Waals surface area contributed by atoms with E-state index in [-0.39, 0.29) is 16.7 Å². The van der Waals surface area contributed by atoms with Gasteiger partial charge in [-0.15, -0.1) is 0 Å². The number of hydrogen-bond acceptors (Lipinski definition) is 4. The highest BCUT2D eigenvalue weighted by Crippen LogP contribution is 2.20. The number of rotatable bonds is 4. The third kappa shape index (κ3) is 3.71. The Balaban J connectivity index is 1.99. The molecule has 0 aliphatic carbocycles. The molecule has 0 saturated carbocycles. The van der Waals surface area contributed by atoms with Crippen molar-refractivity contribution in [3.05, 3.63) is 64.1 Å². The minimum Gasteiger partial charge on any atom is -0.398 e. The lowest BCUT2D eigenvalue weighted by Crippen LogP contribution is -2.06. The third-order valence-electron chi connectivity index (χ3n) is 2.68. The standard InChI is InChI=1S/C15H12BrNO2S/c16-11-7-5-10(6-8-11)14(18)9-20-15(19)12-3-1-2-4-13(12)17/h1-8H,9,17H2. The number of Topliss-reactive ketones (excluding diaryl/α,β-unsaturated/α-hetero) is 1. The molecule has 2 rings (SSSR count). The van der Waals surface area contributed by atoms with Crippen LogP contribution in [0.25, 0.3) is 0 Å². The zero-order valence-corrected chi connectivity index (χ0v) is 12.9. The first-order valence-electron chi connectivity index (χ1n) is 5.88. The van der Waals surface area contributed by atoms with Gasteiger partial charge >= 0.3 is 0 Å². The molecule has 5 heteroatoms. The lowest BCUT2D eigenvalue weighted by molar-refractivity contribution is 0.101. The number of para-hydroxylation sites is 1. The van der Waals surface area contributed by atoms with Crippen LogP contribution in [0.3, 0.4) is 0 Å². The summed E-state index contributed by atoms with van der Waals surface area (Å²) in [6, 6.07) is 13.9. The van der Waals surface area contributed by atoms with Gasteiger partial charge < -0.3 is 5.73 Å². The van der Waals surface area contributed by atoms with E-state index < -0.39 is 0 Å². The number of ketones is 1. The Bertz CT molecular complexity index is 641. The maximum absolute atomic E-state index is 12.0. The van der Waals surface area contributed by atoms with Crippen molar-refractivity contribution in [2.24, 2.45) is 0 Å². The molecule has 0 saturated heterocycles. The molecule has 0 radical (unpaired) electrons. The van der Waals surface area contributed by atoms with Gasteiger partial charge in [-0.25, -0.2) is 0 Å². The highest BCUT2D eigenvalue weighted by molar-refractivity contribution is 9.10. The van der Waals surface area contributed by atoms with E-state index in [1.807, 2.05) is 0 Å².